The summed E-state index contributed by atoms with van der Waals surface area (Å²) in [6, 6.07) is 9.26. The van der Waals surface area contributed by atoms with E-state index in [1.807, 2.05) is 0 Å². The second kappa shape index (κ2) is 10.7. The van der Waals surface area contributed by atoms with Crippen molar-refractivity contribution in [2.75, 3.05) is 10.6 Å². The summed E-state index contributed by atoms with van der Waals surface area (Å²) in [5, 5.41) is 18.9. The van der Waals surface area contributed by atoms with Crippen molar-refractivity contribution in [2.24, 2.45) is 11.8 Å². The fraction of sp³-hybridized carbons (Fsp3) is 0.318. The Morgan fingerprint density at radius 1 is 0.938 bits per heavy atom. The van der Waals surface area contributed by atoms with Gasteiger partial charge in [-0.3, -0.25) is 24.5 Å². The molecule has 2 aromatic carbocycles. The molecule has 1 unspecified atom stereocenters. The molecule has 0 aliphatic rings. The zero-order valence-electron chi connectivity index (χ0n) is 18.1. The normalized spacial score (nSPS) is 11.7. The molecule has 10 heteroatoms. The van der Waals surface area contributed by atoms with Crippen molar-refractivity contribution < 1.29 is 19.3 Å². The Bertz CT molecular complexity index is 1040. The van der Waals surface area contributed by atoms with Crippen LogP contribution in [0.1, 0.15) is 38.1 Å². The van der Waals surface area contributed by atoms with Crippen LogP contribution < -0.4 is 16.0 Å². The van der Waals surface area contributed by atoms with E-state index in [-0.39, 0.29) is 34.0 Å². The molecule has 9 nitrogen and oxygen atoms in total. The van der Waals surface area contributed by atoms with Gasteiger partial charge in [-0.25, -0.2) is 0 Å². The Morgan fingerprint density at radius 2 is 1.53 bits per heavy atom. The number of hydrogen-bond donors (Lipinski definition) is 3. The van der Waals surface area contributed by atoms with E-state index in [2.05, 4.69) is 16.0 Å². The number of non-ortho nitro benzene ring substituents is 1. The highest BCUT2D eigenvalue weighted by Gasteiger charge is 2.26. The van der Waals surface area contributed by atoms with Crippen LogP contribution in [0.4, 0.5) is 17.1 Å². The first kappa shape index (κ1) is 24.8. The summed E-state index contributed by atoms with van der Waals surface area (Å²) >= 11 is 6.02. The molecule has 0 aliphatic heterocycles. The standard InChI is InChI=1S/C22H25ClN4O5/c1-12(2)19(26-21(29)17-9-8-16(27(31)32)11-18(17)23)22(30)25-15-7-5-6-14(10-15)24-20(28)13(3)4/h5-13,19H,1-4H3,(H,24,28)(H,25,30)(H,26,29). The van der Waals surface area contributed by atoms with Crippen LogP contribution >= 0.6 is 11.6 Å². The van der Waals surface area contributed by atoms with Crippen molar-refractivity contribution in [3.05, 3.63) is 63.2 Å². The molecule has 2 rings (SSSR count). The lowest BCUT2D eigenvalue weighted by Crippen LogP contribution is -2.47. The first-order valence-electron chi connectivity index (χ1n) is 9.96. The lowest BCUT2D eigenvalue weighted by Gasteiger charge is -2.22. The molecule has 0 saturated carbocycles. The van der Waals surface area contributed by atoms with Crippen molar-refractivity contribution in [1.82, 2.24) is 5.32 Å². The molecule has 1 atom stereocenters. The fourth-order valence-corrected chi connectivity index (χ4v) is 3.00. The molecule has 0 aliphatic carbocycles. The number of nitro groups is 1. The SMILES string of the molecule is CC(C)C(=O)Nc1cccc(NC(=O)C(NC(=O)c2ccc([N+](=O)[O-])cc2Cl)C(C)C)c1. The van der Waals surface area contributed by atoms with Gasteiger partial charge in [0.1, 0.15) is 6.04 Å². The van der Waals surface area contributed by atoms with Crippen LogP contribution in [-0.2, 0) is 9.59 Å². The number of hydrogen-bond acceptors (Lipinski definition) is 5. The van der Waals surface area contributed by atoms with Gasteiger partial charge in [-0.15, -0.1) is 0 Å². The van der Waals surface area contributed by atoms with E-state index in [0.717, 1.165) is 6.07 Å². The molecule has 0 spiro atoms. The van der Waals surface area contributed by atoms with Gasteiger partial charge in [-0.05, 0) is 30.2 Å². The van der Waals surface area contributed by atoms with Gasteiger partial charge in [0.15, 0.2) is 0 Å². The van der Waals surface area contributed by atoms with E-state index < -0.39 is 22.8 Å². The van der Waals surface area contributed by atoms with E-state index in [1.54, 1.807) is 52.0 Å². The minimum Gasteiger partial charge on any atom is -0.340 e. The summed E-state index contributed by atoms with van der Waals surface area (Å²) in [4.78, 5) is 47.6. The number of halogens is 1. The van der Waals surface area contributed by atoms with Crippen molar-refractivity contribution in [2.45, 2.75) is 33.7 Å². The number of carbonyl (C=O) groups excluding carboxylic acids is 3. The molecule has 2 aromatic rings. The Balaban J connectivity index is 2.14. The van der Waals surface area contributed by atoms with Gasteiger partial charge < -0.3 is 16.0 Å². The fourth-order valence-electron chi connectivity index (χ4n) is 2.74. The third-order valence-corrected chi connectivity index (χ3v) is 4.88. The van der Waals surface area contributed by atoms with Gasteiger partial charge in [-0.1, -0.05) is 45.4 Å². The number of rotatable bonds is 8. The van der Waals surface area contributed by atoms with Crippen LogP contribution in [0.25, 0.3) is 0 Å². The molecule has 0 aromatic heterocycles. The van der Waals surface area contributed by atoms with Crippen molar-refractivity contribution in [3.63, 3.8) is 0 Å². The third kappa shape index (κ3) is 6.52. The van der Waals surface area contributed by atoms with E-state index in [1.165, 1.54) is 12.1 Å². The second-order valence-electron chi connectivity index (χ2n) is 7.83. The van der Waals surface area contributed by atoms with Crippen molar-refractivity contribution in [1.29, 1.82) is 0 Å². The Morgan fingerprint density at radius 3 is 2.03 bits per heavy atom. The van der Waals surface area contributed by atoms with Gasteiger partial charge in [0.25, 0.3) is 11.6 Å². The van der Waals surface area contributed by atoms with Gasteiger partial charge in [0.2, 0.25) is 11.8 Å². The van der Waals surface area contributed by atoms with Crippen LogP contribution in [0.15, 0.2) is 42.5 Å². The number of anilines is 2. The van der Waals surface area contributed by atoms with Crippen molar-refractivity contribution >= 4 is 46.4 Å². The Labute approximate surface area is 190 Å². The number of nitrogens with zero attached hydrogens (tertiary/aromatic N) is 1. The average Bonchev–Trinajstić information content (AvgIpc) is 2.71. The molecule has 0 radical (unpaired) electrons. The van der Waals surface area contributed by atoms with Crippen LogP contribution in [0.2, 0.25) is 5.02 Å². The van der Waals surface area contributed by atoms with Crippen molar-refractivity contribution in [3.8, 4) is 0 Å². The van der Waals surface area contributed by atoms with E-state index in [4.69, 9.17) is 11.6 Å². The summed E-state index contributed by atoms with van der Waals surface area (Å²) in [5.74, 6) is -1.70. The molecule has 0 saturated heterocycles. The Kier molecular flexibility index (Phi) is 8.31. The van der Waals surface area contributed by atoms with Crippen LogP contribution in [-0.4, -0.2) is 28.7 Å². The summed E-state index contributed by atoms with van der Waals surface area (Å²) in [5.41, 5.74) is 0.761. The lowest BCUT2D eigenvalue weighted by molar-refractivity contribution is -0.384. The first-order valence-corrected chi connectivity index (χ1v) is 10.3. The maximum atomic E-state index is 12.9. The van der Waals surface area contributed by atoms with E-state index >= 15 is 0 Å². The second-order valence-corrected chi connectivity index (χ2v) is 8.24. The largest absolute Gasteiger partial charge is 0.340 e. The molecule has 3 amide bonds. The molecule has 0 fully saturated rings. The molecular formula is C22H25ClN4O5. The zero-order valence-corrected chi connectivity index (χ0v) is 18.9. The van der Waals surface area contributed by atoms with Gasteiger partial charge in [0, 0.05) is 29.4 Å². The maximum Gasteiger partial charge on any atom is 0.270 e. The molecular weight excluding hydrogens is 436 g/mol. The van der Waals surface area contributed by atoms with Crippen LogP contribution in [0, 0.1) is 22.0 Å². The van der Waals surface area contributed by atoms with Gasteiger partial charge in [0.05, 0.1) is 15.5 Å². The minimum atomic E-state index is -0.900. The third-order valence-electron chi connectivity index (χ3n) is 4.57. The highest BCUT2D eigenvalue weighted by Crippen LogP contribution is 2.23. The van der Waals surface area contributed by atoms with Gasteiger partial charge in [-0.2, -0.15) is 0 Å². The number of carbonyl (C=O) groups is 3. The molecule has 32 heavy (non-hydrogen) atoms. The topological polar surface area (TPSA) is 130 Å². The quantitative estimate of drug-likeness (QED) is 0.400. The van der Waals surface area contributed by atoms with E-state index in [0.29, 0.717) is 11.4 Å². The van der Waals surface area contributed by atoms with Crippen LogP contribution in [0.5, 0.6) is 0 Å². The molecule has 0 bridgehead atoms. The predicted molar refractivity (Wildman–Crippen MR) is 123 cm³/mol. The number of benzene rings is 2. The summed E-state index contributed by atoms with van der Waals surface area (Å²) in [6.45, 7) is 7.07. The zero-order chi connectivity index (χ0) is 24.0. The number of nitro benzene ring substituents is 1. The monoisotopic (exact) mass is 460 g/mol. The smallest absolute Gasteiger partial charge is 0.270 e. The van der Waals surface area contributed by atoms with Gasteiger partial charge >= 0.3 is 0 Å². The minimum absolute atomic E-state index is 0.0223. The number of nitrogens with one attached hydrogen (secondary N) is 3. The van der Waals surface area contributed by atoms with Crippen LogP contribution in [0.3, 0.4) is 0 Å². The molecule has 170 valence electrons. The summed E-state index contributed by atoms with van der Waals surface area (Å²) in [7, 11) is 0. The number of amides is 3. The summed E-state index contributed by atoms with van der Waals surface area (Å²) in [6.07, 6.45) is 0. The maximum absolute atomic E-state index is 12.9. The first-order chi connectivity index (χ1) is 15.0. The Hall–Kier alpha value is -3.46. The lowest BCUT2D eigenvalue weighted by atomic mass is 10.0. The highest BCUT2D eigenvalue weighted by atomic mass is 35.5. The molecule has 3 N–H and O–H groups in total. The predicted octanol–water partition coefficient (Wildman–Crippen LogP) is 4.24. The average molecular weight is 461 g/mol. The summed E-state index contributed by atoms with van der Waals surface area (Å²) < 4.78 is 0. The van der Waals surface area contributed by atoms with E-state index in [9.17, 15) is 24.5 Å². The molecule has 0 heterocycles. The highest BCUT2D eigenvalue weighted by molar-refractivity contribution is 6.34.